The van der Waals surface area contributed by atoms with Crippen molar-refractivity contribution < 1.29 is 23.9 Å². The number of imide groups is 1. The van der Waals surface area contributed by atoms with Gasteiger partial charge < -0.3 is 15.8 Å². The van der Waals surface area contributed by atoms with Crippen molar-refractivity contribution in [3.63, 3.8) is 0 Å². The van der Waals surface area contributed by atoms with Crippen molar-refractivity contribution in [1.82, 2.24) is 10.2 Å². The molecular weight excluding hydrogens is 376 g/mol. The second-order valence-electron chi connectivity index (χ2n) is 8.01. The molecule has 0 saturated carbocycles. The van der Waals surface area contributed by atoms with Crippen LogP contribution in [0.5, 0.6) is 0 Å². The van der Waals surface area contributed by atoms with E-state index in [0.29, 0.717) is 11.3 Å². The van der Waals surface area contributed by atoms with Crippen LogP contribution in [-0.4, -0.2) is 54.8 Å². The van der Waals surface area contributed by atoms with Gasteiger partial charge in [0.2, 0.25) is 23.6 Å². The van der Waals surface area contributed by atoms with Crippen molar-refractivity contribution in [2.45, 2.75) is 31.8 Å². The molecule has 9 nitrogen and oxygen atoms in total. The van der Waals surface area contributed by atoms with E-state index >= 15 is 0 Å². The molecule has 29 heavy (non-hydrogen) atoms. The van der Waals surface area contributed by atoms with Crippen molar-refractivity contribution in [2.24, 2.45) is 17.6 Å². The van der Waals surface area contributed by atoms with E-state index < -0.39 is 47.0 Å². The fourth-order valence-electron chi connectivity index (χ4n) is 5.11. The second-order valence-corrected chi connectivity index (χ2v) is 8.01. The van der Waals surface area contributed by atoms with Crippen molar-refractivity contribution in [3.8, 4) is 0 Å². The van der Waals surface area contributed by atoms with Crippen LogP contribution in [0.2, 0.25) is 0 Å². The number of benzene rings is 1. The minimum absolute atomic E-state index is 0.0991. The molecule has 4 amide bonds. The number of rotatable bonds is 5. The van der Waals surface area contributed by atoms with E-state index in [1.807, 2.05) is 26.0 Å². The van der Waals surface area contributed by atoms with Crippen molar-refractivity contribution in [1.29, 1.82) is 0 Å². The molecule has 0 bridgehead atoms. The molecule has 3 heterocycles. The third kappa shape index (κ3) is 2.61. The van der Waals surface area contributed by atoms with Gasteiger partial charge in [-0.1, -0.05) is 17.7 Å². The van der Waals surface area contributed by atoms with Crippen LogP contribution >= 0.6 is 0 Å². The number of nitrogens with one attached hydrogen (secondary N) is 2. The first-order chi connectivity index (χ1) is 13.7. The van der Waals surface area contributed by atoms with E-state index in [2.05, 4.69) is 10.6 Å². The Kier molecular flexibility index (Phi) is 4.47. The monoisotopic (exact) mass is 400 g/mol. The summed E-state index contributed by atoms with van der Waals surface area (Å²) in [6, 6.07) is 3.09. The number of carbonyl (C=O) groups is 4. The topological polar surface area (TPSA) is 131 Å². The first kappa shape index (κ1) is 19.5. The van der Waals surface area contributed by atoms with Gasteiger partial charge in [0, 0.05) is 30.8 Å². The van der Waals surface area contributed by atoms with Crippen LogP contribution in [0.3, 0.4) is 0 Å². The summed E-state index contributed by atoms with van der Waals surface area (Å²) >= 11 is 0. The second kappa shape index (κ2) is 6.64. The number of hydrogen-bond acceptors (Lipinski definition) is 6. The van der Waals surface area contributed by atoms with Crippen molar-refractivity contribution >= 4 is 29.3 Å². The quantitative estimate of drug-likeness (QED) is 0.574. The Balaban J connectivity index is 1.87. The Bertz CT molecular complexity index is 945. The van der Waals surface area contributed by atoms with Gasteiger partial charge in [-0.15, -0.1) is 0 Å². The number of anilines is 1. The highest BCUT2D eigenvalue weighted by Gasteiger charge is 2.70. The fourth-order valence-corrected chi connectivity index (χ4v) is 5.11. The Hall–Kier alpha value is -2.78. The average Bonchev–Trinajstić information content (AvgIpc) is 3.20. The lowest BCUT2D eigenvalue weighted by Crippen LogP contribution is -2.53. The third-order valence-electron chi connectivity index (χ3n) is 6.20. The van der Waals surface area contributed by atoms with E-state index in [-0.39, 0.29) is 19.6 Å². The van der Waals surface area contributed by atoms with Gasteiger partial charge in [-0.2, -0.15) is 0 Å². The molecule has 1 aromatic rings. The van der Waals surface area contributed by atoms with Crippen LogP contribution in [0.15, 0.2) is 12.1 Å². The molecule has 0 aliphatic carbocycles. The van der Waals surface area contributed by atoms with E-state index in [4.69, 9.17) is 10.5 Å². The SMILES string of the molecule is COCCN1C(=O)[C@@H]2C(CC(N)=O)NC3(C(=O)Nc4c(C)cc(C)cc43)[C@@H]2C1=O. The number of hydrogen-bond donors (Lipinski definition) is 3. The molecule has 4 atom stereocenters. The third-order valence-corrected chi connectivity index (χ3v) is 6.20. The fraction of sp³-hybridized carbons (Fsp3) is 0.500. The lowest BCUT2D eigenvalue weighted by Gasteiger charge is -2.29. The van der Waals surface area contributed by atoms with Gasteiger partial charge >= 0.3 is 0 Å². The number of methoxy groups -OCH3 is 1. The maximum Gasteiger partial charge on any atom is 0.250 e. The number of nitrogens with two attached hydrogens (primary N) is 1. The Morgan fingerprint density at radius 3 is 2.62 bits per heavy atom. The molecule has 4 rings (SSSR count). The number of primary amides is 1. The number of aryl methyl sites for hydroxylation is 2. The van der Waals surface area contributed by atoms with E-state index in [1.165, 1.54) is 7.11 Å². The summed E-state index contributed by atoms with van der Waals surface area (Å²) in [6.07, 6.45) is -0.145. The van der Waals surface area contributed by atoms with E-state index in [9.17, 15) is 19.2 Å². The molecule has 3 aliphatic heterocycles. The van der Waals surface area contributed by atoms with Gasteiger partial charge in [-0.3, -0.25) is 29.4 Å². The summed E-state index contributed by atoms with van der Waals surface area (Å²) < 4.78 is 5.02. The van der Waals surface area contributed by atoms with Crippen LogP contribution in [0.1, 0.15) is 23.1 Å². The maximum atomic E-state index is 13.3. The van der Waals surface area contributed by atoms with Crippen LogP contribution < -0.4 is 16.4 Å². The van der Waals surface area contributed by atoms with Gasteiger partial charge in [0.25, 0.3) is 0 Å². The molecule has 2 fully saturated rings. The Morgan fingerprint density at radius 2 is 1.97 bits per heavy atom. The zero-order valence-electron chi connectivity index (χ0n) is 16.6. The normalized spacial score (nSPS) is 30.1. The summed E-state index contributed by atoms with van der Waals surface area (Å²) in [7, 11) is 1.48. The van der Waals surface area contributed by atoms with Gasteiger partial charge in [0.05, 0.1) is 25.0 Å². The zero-order valence-corrected chi connectivity index (χ0v) is 16.6. The average molecular weight is 400 g/mol. The first-order valence-electron chi connectivity index (χ1n) is 9.55. The number of likely N-dealkylation sites (tertiary alicyclic amines) is 1. The summed E-state index contributed by atoms with van der Waals surface area (Å²) in [6.45, 7) is 4.08. The summed E-state index contributed by atoms with van der Waals surface area (Å²) in [5.74, 6) is -3.62. The van der Waals surface area contributed by atoms with Crippen LogP contribution in [0.25, 0.3) is 0 Å². The molecule has 0 radical (unpaired) electrons. The van der Waals surface area contributed by atoms with Gasteiger partial charge in [0.15, 0.2) is 0 Å². The summed E-state index contributed by atoms with van der Waals surface area (Å²) in [5.41, 5.74) is 7.07. The molecule has 2 unspecified atom stereocenters. The molecule has 2 saturated heterocycles. The highest BCUT2D eigenvalue weighted by molar-refractivity contribution is 6.15. The minimum atomic E-state index is -1.41. The number of ether oxygens (including phenoxy) is 1. The standard InChI is InChI=1S/C20H24N4O5/c1-9-6-10(2)16-11(7-9)20(19(28)22-16)15-14(12(23-20)8-13(21)25)17(26)24(18(15)27)4-5-29-3/h6-7,12,14-15,23H,4-5,8H2,1-3H3,(H2,21,25)(H,22,28)/t12?,14-,15+,20?/m1/s1. The lowest BCUT2D eigenvalue weighted by molar-refractivity contribution is -0.143. The van der Waals surface area contributed by atoms with Crippen molar-refractivity contribution in [3.05, 3.63) is 28.8 Å². The van der Waals surface area contributed by atoms with Crippen LogP contribution in [0.4, 0.5) is 5.69 Å². The van der Waals surface area contributed by atoms with E-state index in [0.717, 1.165) is 16.0 Å². The van der Waals surface area contributed by atoms with Gasteiger partial charge in [-0.05, 0) is 19.4 Å². The molecule has 1 aromatic carbocycles. The molecule has 154 valence electrons. The molecule has 1 spiro atoms. The number of carbonyl (C=O) groups excluding carboxylic acids is 4. The lowest BCUT2D eigenvalue weighted by atomic mass is 9.76. The molecular formula is C20H24N4O5. The summed E-state index contributed by atoms with van der Waals surface area (Å²) in [4.78, 5) is 52.5. The minimum Gasteiger partial charge on any atom is -0.383 e. The van der Waals surface area contributed by atoms with Gasteiger partial charge in [0.1, 0.15) is 5.54 Å². The molecule has 3 aliphatic rings. The Morgan fingerprint density at radius 1 is 1.24 bits per heavy atom. The molecule has 9 heteroatoms. The smallest absolute Gasteiger partial charge is 0.250 e. The predicted molar refractivity (Wildman–Crippen MR) is 103 cm³/mol. The van der Waals surface area contributed by atoms with Crippen LogP contribution in [0, 0.1) is 25.7 Å². The summed E-state index contributed by atoms with van der Waals surface area (Å²) in [5, 5.41) is 6.07. The highest BCUT2D eigenvalue weighted by atomic mass is 16.5. The van der Waals surface area contributed by atoms with E-state index in [1.54, 1.807) is 0 Å². The maximum absolute atomic E-state index is 13.3. The number of fused-ring (bicyclic) bond motifs is 4. The molecule has 0 aromatic heterocycles. The Labute approximate surface area is 167 Å². The molecule has 4 N–H and O–H groups in total. The van der Waals surface area contributed by atoms with Crippen LogP contribution in [-0.2, 0) is 29.5 Å². The van der Waals surface area contributed by atoms with Gasteiger partial charge in [-0.25, -0.2) is 0 Å². The van der Waals surface area contributed by atoms with Crippen molar-refractivity contribution in [2.75, 3.05) is 25.6 Å². The zero-order chi connectivity index (χ0) is 21.1. The highest BCUT2D eigenvalue weighted by Crippen LogP contribution is 2.54. The number of nitrogens with zero attached hydrogens (tertiary/aromatic N) is 1. The number of amides is 4. The first-order valence-corrected chi connectivity index (χ1v) is 9.55. The predicted octanol–water partition coefficient (Wildman–Crippen LogP) is -0.454. The largest absolute Gasteiger partial charge is 0.383 e.